The van der Waals surface area contributed by atoms with E-state index in [-0.39, 0.29) is 5.82 Å². The van der Waals surface area contributed by atoms with Crippen molar-refractivity contribution in [2.24, 2.45) is 0 Å². The second kappa shape index (κ2) is 10.3. The van der Waals surface area contributed by atoms with Gasteiger partial charge in [0.1, 0.15) is 17.3 Å². The molecule has 0 saturated carbocycles. The molecule has 0 unspecified atom stereocenters. The number of benzene rings is 1. The van der Waals surface area contributed by atoms with Gasteiger partial charge in [0.15, 0.2) is 0 Å². The Morgan fingerprint density at radius 2 is 1.66 bits per heavy atom. The van der Waals surface area contributed by atoms with Crippen molar-refractivity contribution in [1.82, 2.24) is 14.6 Å². The summed E-state index contributed by atoms with van der Waals surface area (Å²) in [5, 5.41) is 11.9. The van der Waals surface area contributed by atoms with E-state index in [0.717, 1.165) is 78.2 Å². The largest absolute Gasteiger partial charge is 0.383 e. The van der Waals surface area contributed by atoms with Crippen molar-refractivity contribution in [3.05, 3.63) is 66.7 Å². The second-order valence-corrected chi connectivity index (χ2v) is 7.94. The predicted molar refractivity (Wildman–Crippen MR) is 131 cm³/mol. The lowest BCUT2D eigenvalue weighted by atomic mass is 9.99. The highest BCUT2D eigenvalue weighted by atomic mass is 19.1. The maximum absolute atomic E-state index is 13.6. The fourth-order valence-corrected chi connectivity index (χ4v) is 3.80. The van der Waals surface area contributed by atoms with Crippen LogP contribution in [-0.2, 0) is 0 Å². The smallest absolute Gasteiger partial charge is 0.126 e. The molecule has 0 fully saturated rings. The molecule has 0 atom stereocenters. The van der Waals surface area contributed by atoms with Crippen molar-refractivity contribution in [2.45, 2.75) is 39.5 Å². The van der Waals surface area contributed by atoms with Crippen molar-refractivity contribution in [1.29, 1.82) is 0 Å². The maximum atomic E-state index is 13.6. The van der Waals surface area contributed by atoms with Gasteiger partial charge in [0.25, 0.3) is 0 Å². The van der Waals surface area contributed by atoms with Gasteiger partial charge in [0.2, 0.25) is 0 Å². The third-order valence-electron chi connectivity index (χ3n) is 5.50. The zero-order valence-electron chi connectivity index (χ0n) is 18.7. The second-order valence-electron chi connectivity index (χ2n) is 7.94. The third kappa shape index (κ3) is 4.74. The Labute approximate surface area is 188 Å². The molecule has 0 saturated heterocycles. The van der Waals surface area contributed by atoms with E-state index in [2.05, 4.69) is 41.6 Å². The number of rotatable bonds is 10. The Kier molecular flexibility index (Phi) is 7.00. The summed E-state index contributed by atoms with van der Waals surface area (Å²) < 4.78 is 15.5. The van der Waals surface area contributed by atoms with Gasteiger partial charge >= 0.3 is 0 Å². The number of unbranched alkanes of at least 4 members (excludes halogenated alkanes) is 2. The van der Waals surface area contributed by atoms with E-state index in [0.29, 0.717) is 0 Å². The normalized spacial score (nSPS) is 11.1. The first-order valence-corrected chi connectivity index (χ1v) is 11.4. The van der Waals surface area contributed by atoms with Crippen LogP contribution in [0.4, 0.5) is 15.9 Å². The van der Waals surface area contributed by atoms with E-state index < -0.39 is 0 Å². The number of nitrogens with zero attached hydrogens (tertiary/aromatic N) is 3. The minimum absolute atomic E-state index is 0.257. The summed E-state index contributed by atoms with van der Waals surface area (Å²) in [5.41, 5.74) is 5.78. The Morgan fingerprint density at radius 1 is 0.906 bits per heavy atom. The van der Waals surface area contributed by atoms with Crippen LogP contribution >= 0.6 is 0 Å². The number of pyridine rings is 2. The number of hydrogen-bond donors (Lipinski definition) is 2. The molecule has 3 aromatic heterocycles. The molecule has 32 heavy (non-hydrogen) atoms. The van der Waals surface area contributed by atoms with E-state index in [4.69, 9.17) is 5.10 Å². The van der Waals surface area contributed by atoms with Crippen LogP contribution in [0.25, 0.3) is 27.9 Å². The number of aromatic nitrogens is 3. The lowest BCUT2D eigenvalue weighted by Gasteiger charge is -2.11. The molecular formula is C26H30FN5. The van der Waals surface area contributed by atoms with Gasteiger partial charge in [-0.05, 0) is 66.9 Å². The van der Waals surface area contributed by atoms with Gasteiger partial charge in [-0.2, -0.15) is 5.10 Å². The van der Waals surface area contributed by atoms with Crippen LogP contribution in [0.1, 0.15) is 39.5 Å². The Morgan fingerprint density at radius 3 is 2.41 bits per heavy atom. The molecule has 3 heterocycles. The molecule has 0 aliphatic carbocycles. The van der Waals surface area contributed by atoms with Crippen LogP contribution in [-0.4, -0.2) is 27.7 Å². The van der Waals surface area contributed by atoms with Crippen LogP contribution in [0, 0.1) is 5.82 Å². The lowest BCUT2D eigenvalue weighted by Crippen LogP contribution is -2.03. The molecule has 0 bridgehead atoms. The molecular weight excluding hydrogens is 401 g/mol. The highest BCUT2D eigenvalue weighted by Gasteiger charge is 2.19. The topological polar surface area (TPSA) is 54.2 Å². The van der Waals surface area contributed by atoms with E-state index >= 15 is 0 Å². The number of halogens is 1. The van der Waals surface area contributed by atoms with Crippen molar-refractivity contribution < 1.29 is 4.39 Å². The van der Waals surface area contributed by atoms with Gasteiger partial charge in [-0.25, -0.2) is 13.9 Å². The van der Waals surface area contributed by atoms with Crippen LogP contribution < -0.4 is 10.6 Å². The van der Waals surface area contributed by atoms with E-state index in [1.807, 2.05) is 29.0 Å². The SMILES string of the molecule is CCCCNc1cc(-c2c(-c3ccc(F)cc3)nn3cccc(NCCCC)c23)ccn1. The first-order chi connectivity index (χ1) is 15.7. The molecule has 4 rings (SSSR count). The quantitative estimate of drug-likeness (QED) is 0.277. The molecule has 1 aromatic carbocycles. The molecule has 0 aliphatic heterocycles. The average Bonchev–Trinajstić information content (AvgIpc) is 3.21. The first kappa shape index (κ1) is 21.8. The molecule has 5 nitrogen and oxygen atoms in total. The van der Waals surface area contributed by atoms with Crippen LogP contribution in [0.2, 0.25) is 0 Å². The zero-order chi connectivity index (χ0) is 22.3. The van der Waals surface area contributed by atoms with Gasteiger partial charge in [0.05, 0.1) is 11.2 Å². The summed E-state index contributed by atoms with van der Waals surface area (Å²) in [4.78, 5) is 4.49. The highest BCUT2D eigenvalue weighted by molar-refractivity contribution is 5.98. The summed E-state index contributed by atoms with van der Waals surface area (Å²) in [6.07, 6.45) is 8.22. The zero-order valence-corrected chi connectivity index (χ0v) is 18.7. The van der Waals surface area contributed by atoms with E-state index in [1.165, 1.54) is 12.1 Å². The van der Waals surface area contributed by atoms with Gasteiger partial charge in [-0.3, -0.25) is 0 Å². The minimum Gasteiger partial charge on any atom is -0.383 e. The molecule has 0 spiro atoms. The monoisotopic (exact) mass is 431 g/mol. The highest BCUT2D eigenvalue weighted by Crippen LogP contribution is 2.38. The summed E-state index contributed by atoms with van der Waals surface area (Å²) in [5.74, 6) is 0.587. The molecule has 0 radical (unpaired) electrons. The maximum Gasteiger partial charge on any atom is 0.126 e. The fraction of sp³-hybridized carbons (Fsp3) is 0.308. The van der Waals surface area contributed by atoms with Gasteiger partial charge < -0.3 is 10.6 Å². The van der Waals surface area contributed by atoms with Crippen molar-refractivity contribution in [3.8, 4) is 22.4 Å². The van der Waals surface area contributed by atoms with E-state index in [1.54, 1.807) is 12.1 Å². The molecule has 6 heteroatoms. The third-order valence-corrected chi connectivity index (χ3v) is 5.50. The molecule has 0 amide bonds. The molecule has 166 valence electrons. The Balaban J connectivity index is 1.87. The van der Waals surface area contributed by atoms with Crippen LogP contribution in [0.5, 0.6) is 0 Å². The standard InChI is InChI=1S/C26H30FN5/c1-3-5-14-28-22-8-7-17-32-26(22)24(25(31-32)19-9-11-21(27)12-10-19)20-13-16-30-23(18-20)29-15-6-4-2/h7-13,16-18,28H,3-6,14-15H2,1-2H3,(H,29,30). The Bertz CT molecular complexity index is 1170. The first-order valence-electron chi connectivity index (χ1n) is 11.4. The van der Waals surface area contributed by atoms with Crippen molar-refractivity contribution in [2.75, 3.05) is 23.7 Å². The van der Waals surface area contributed by atoms with Gasteiger partial charge in [-0.1, -0.05) is 26.7 Å². The Hall–Kier alpha value is -3.41. The fourth-order valence-electron chi connectivity index (χ4n) is 3.80. The van der Waals surface area contributed by atoms with Gasteiger partial charge in [0, 0.05) is 36.6 Å². The number of hydrogen-bond acceptors (Lipinski definition) is 4. The van der Waals surface area contributed by atoms with Gasteiger partial charge in [-0.15, -0.1) is 0 Å². The predicted octanol–water partition coefficient (Wildman–Crippen LogP) is 6.63. The number of fused-ring (bicyclic) bond motifs is 1. The van der Waals surface area contributed by atoms with Crippen molar-refractivity contribution >= 4 is 17.0 Å². The molecule has 2 N–H and O–H groups in total. The van der Waals surface area contributed by atoms with E-state index in [9.17, 15) is 4.39 Å². The number of nitrogens with one attached hydrogen (secondary N) is 2. The summed E-state index contributed by atoms with van der Waals surface area (Å²) >= 11 is 0. The summed E-state index contributed by atoms with van der Waals surface area (Å²) in [6.45, 7) is 6.14. The summed E-state index contributed by atoms with van der Waals surface area (Å²) in [6, 6.07) is 14.7. The summed E-state index contributed by atoms with van der Waals surface area (Å²) in [7, 11) is 0. The minimum atomic E-state index is -0.257. The van der Waals surface area contributed by atoms with Crippen LogP contribution in [0.15, 0.2) is 60.9 Å². The molecule has 4 aromatic rings. The lowest BCUT2D eigenvalue weighted by molar-refractivity contribution is 0.628. The van der Waals surface area contributed by atoms with Crippen molar-refractivity contribution in [3.63, 3.8) is 0 Å². The average molecular weight is 432 g/mol. The number of anilines is 2. The molecule has 0 aliphatic rings. The van der Waals surface area contributed by atoms with Crippen LogP contribution in [0.3, 0.4) is 0 Å².